The molecule has 7 nitrogen and oxygen atoms in total. The second-order valence-electron chi connectivity index (χ2n) is 10.4. The molecule has 0 atom stereocenters. The molecule has 0 fully saturated rings. The van der Waals surface area contributed by atoms with Crippen LogP contribution < -0.4 is 4.18 Å². The monoisotopic (exact) mass is 632 g/mol. The molecule has 43 heavy (non-hydrogen) atoms. The van der Waals surface area contributed by atoms with E-state index in [1.807, 2.05) is 42.6 Å². The Morgan fingerprint density at radius 3 is 2.47 bits per heavy atom. The van der Waals surface area contributed by atoms with Crippen LogP contribution in [0.5, 0.6) is 5.75 Å². The van der Waals surface area contributed by atoms with Crippen molar-refractivity contribution in [1.82, 2.24) is 9.97 Å². The molecule has 1 aliphatic carbocycles. The lowest BCUT2D eigenvalue weighted by Gasteiger charge is -2.17. The SMILES string of the molecule is O=S(=O)(CCCCl)Oc1ccc(-c2cnc3[nH]c4ccc(CS(=O)(=O)c5ccccc5)cc4c3c2C2=CC=CCC2)cc1. The molecule has 3 aromatic carbocycles. The summed E-state index contributed by atoms with van der Waals surface area (Å²) in [5.74, 6) is 0.191. The number of benzene rings is 3. The van der Waals surface area contributed by atoms with Gasteiger partial charge in [-0.25, -0.2) is 13.4 Å². The summed E-state index contributed by atoms with van der Waals surface area (Å²) in [5, 5.41) is 1.80. The van der Waals surface area contributed by atoms with E-state index >= 15 is 0 Å². The van der Waals surface area contributed by atoms with Crippen LogP contribution in [0.15, 0.2) is 102 Å². The van der Waals surface area contributed by atoms with Gasteiger partial charge in [0.15, 0.2) is 9.84 Å². The van der Waals surface area contributed by atoms with Gasteiger partial charge in [-0.3, -0.25) is 0 Å². The summed E-state index contributed by atoms with van der Waals surface area (Å²) in [6.07, 6.45) is 10.1. The van der Waals surface area contributed by atoms with Gasteiger partial charge in [0.1, 0.15) is 11.4 Å². The third kappa shape index (κ3) is 6.25. The quantitative estimate of drug-likeness (QED) is 0.127. The molecule has 6 rings (SSSR count). The van der Waals surface area contributed by atoms with Gasteiger partial charge < -0.3 is 9.17 Å². The van der Waals surface area contributed by atoms with Crippen LogP contribution in [0.2, 0.25) is 0 Å². The van der Waals surface area contributed by atoms with Crippen molar-refractivity contribution >= 4 is 59.1 Å². The number of pyridine rings is 1. The number of hydrogen-bond donors (Lipinski definition) is 1. The van der Waals surface area contributed by atoms with E-state index in [2.05, 4.69) is 17.1 Å². The molecule has 0 radical (unpaired) electrons. The Morgan fingerprint density at radius 2 is 1.74 bits per heavy atom. The Morgan fingerprint density at radius 1 is 0.953 bits per heavy atom. The summed E-state index contributed by atoms with van der Waals surface area (Å²) in [6.45, 7) is 0. The topological polar surface area (TPSA) is 106 Å². The molecular formula is C33H29ClN2O5S2. The molecule has 5 aromatic rings. The van der Waals surface area contributed by atoms with Crippen molar-refractivity contribution in [3.63, 3.8) is 0 Å². The van der Waals surface area contributed by atoms with Crippen molar-refractivity contribution < 1.29 is 21.0 Å². The maximum Gasteiger partial charge on any atom is 0.309 e. The van der Waals surface area contributed by atoms with Gasteiger partial charge in [0.2, 0.25) is 0 Å². The zero-order valence-corrected chi connectivity index (χ0v) is 25.6. The van der Waals surface area contributed by atoms with Gasteiger partial charge in [-0.1, -0.05) is 54.6 Å². The van der Waals surface area contributed by atoms with Crippen molar-refractivity contribution in [3.05, 3.63) is 108 Å². The zero-order valence-electron chi connectivity index (χ0n) is 23.2. The Hall–Kier alpha value is -3.92. The lowest BCUT2D eigenvalue weighted by atomic mass is 9.88. The highest BCUT2D eigenvalue weighted by Gasteiger charge is 2.21. The van der Waals surface area contributed by atoms with E-state index in [4.69, 9.17) is 20.8 Å². The summed E-state index contributed by atoms with van der Waals surface area (Å²) in [4.78, 5) is 8.46. The Balaban J connectivity index is 1.45. The molecule has 1 N–H and O–H groups in total. The molecule has 1 aliphatic rings. The van der Waals surface area contributed by atoms with Crippen LogP contribution in [0.25, 0.3) is 38.6 Å². The van der Waals surface area contributed by atoms with E-state index in [9.17, 15) is 16.8 Å². The first-order valence-electron chi connectivity index (χ1n) is 13.9. The fourth-order valence-electron chi connectivity index (χ4n) is 5.40. The molecule has 2 heterocycles. The van der Waals surface area contributed by atoms with Crippen molar-refractivity contribution in [3.8, 4) is 16.9 Å². The first-order chi connectivity index (χ1) is 20.7. The highest BCUT2D eigenvalue weighted by atomic mass is 35.5. The molecule has 220 valence electrons. The van der Waals surface area contributed by atoms with Crippen LogP contribution in [-0.2, 0) is 25.7 Å². The third-order valence-corrected chi connectivity index (χ3v) is 10.6. The average Bonchev–Trinajstić information content (AvgIpc) is 3.38. The Kier molecular flexibility index (Phi) is 8.13. The van der Waals surface area contributed by atoms with Gasteiger partial charge in [-0.15, -0.1) is 11.6 Å². The largest absolute Gasteiger partial charge is 0.382 e. The van der Waals surface area contributed by atoms with Crippen LogP contribution in [0.4, 0.5) is 0 Å². The number of nitrogens with zero attached hydrogens (tertiary/aromatic N) is 1. The van der Waals surface area contributed by atoms with Gasteiger partial charge in [-0.05, 0) is 77.9 Å². The van der Waals surface area contributed by atoms with Crippen LogP contribution >= 0.6 is 11.6 Å². The predicted molar refractivity (Wildman–Crippen MR) is 172 cm³/mol. The highest BCUT2D eigenvalue weighted by Crippen LogP contribution is 2.41. The summed E-state index contributed by atoms with van der Waals surface area (Å²) in [5.41, 5.74) is 6.13. The number of aromatic nitrogens is 2. The number of allylic oxidation sites excluding steroid dienone is 4. The maximum absolute atomic E-state index is 13.2. The van der Waals surface area contributed by atoms with Gasteiger partial charge >= 0.3 is 10.1 Å². The fourth-order valence-corrected chi connectivity index (χ4v) is 8.03. The Bertz CT molecular complexity index is 2080. The minimum Gasteiger partial charge on any atom is -0.382 e. The minimum atomic E-state index is -3.74. The predicted octanol–water partition coefficient (Wildman–Crippen LogP) is 7.43. The summed E-state index contributed by atoms with van der Waals surface area (Å²) in [6, 6.07) is 21.1. The second kappa shape index (κ2) is 12.0. The van der Waals surface area contributed by atoms with Crippen molar-refractivity contribution in [2.45, 2.75) is 29.9 Å². The number of rotatable bonds is 10. The van der Waals surface area contributed by atoms with Crippen LogP contribution in [0, 0.1) is 0 Å². The standard InChI is InChI=1S/C33H29ClN2O5S2/c34-18-7-19-43(39,40)41-26-15-13-24(14-16-26)29-21-35-33-32(31(29)25-8-3-1-4-9-25)28-20-23(12-17-30(28)36-33)22-42(37,38)27-10-5-2-6-11-27/h1-3,5-6,8,10-17,20-21H,4,7,9,18-19,22H2,(H,35,36). The fraction of sp³-hybridized carbons (Fsp3) is 0.182. The summed E-state index contributed by atoms with van der Waals surface area (Å²) < 4.78 is 56.1. The molecular weight excluding hydrogens is 604 g/mol. The van der Waals surface area contributed by atoms with Crippen LogP contribution in [0.3, 0.4) is 0 Å². The summed E-state index contributed by atoms with van der Waals surface area (Å²) in [7, 11) is -7.27. The van der Waals surface area contributed by atoms with Crippen LogP contribution in [-0.4, -0.2) is 38.4 Å². The molecule has 0 unspecified atom stereocenters. The first kappa shape index (κ1) is 29.2. The molecule has 0 aliphatic heterocycles. The van der Waals surface area contributed by atoms with Crippen molar-refractivity contribution in [2.75, 3.05) is 11.6 Å². The van der Waals surface area contributed by atoms with Gasteiger partial charge in [0, 0.05) is 33.9 Å². The highest BCUT2D eigenvalue weighted by molar-refractivity contribution is 7.90. The lowest BCUT2D eigenvalue weighted by Crippen LogP contribution is -2.14. The van der Waals surface area contributed by atoms with E-state index in [0.29, 0.717) is 17.6 Å². The van der Waals surface area contributed by atoms with E-state index in [1.54, 1.807) is 42.5 Å². The minimum absolute atomic E-state index is 0.122. The molecule has 0 bridgehead atoms. The average molecular weight is 633 g/mol. The molecule has 10 heteroatoms. The molecule has 0 amide bonds. The maximum atomic E-state index is 13.2. The van der Waals surface area contributed by atoms with E-state index in [-0.39, 0.29) is 28.0 Å². The van der Waals surface area contributed by atoms with E-state index in [0.717, 1.165) is 51.4 Å². The number of aromatic amines is 1. The normalized spacial score (nSPS) is 13.8. The van der Waals surface area contributed by atoms with Gasteiger partial charge in [0.05, 0.1) is 16.4 Å². The second-order valence-corrected chi connectivity index (χ2v) is 14.5. The number of fused-ring (bicyclic) bond motifs is 3. The first-order valence-corrected chi connectivity index (χ1v) is 17.7. The van der Waals surface area contributed by atoms with Gasteiger partial charge in [-0.2, -0.15) is 8.42 Å². The van der Waals surface area contributed by atoms with E-state index < -0.39 is 20.0 Å². The molecule has 0 saturated heterocycles. The molecule has 2 aromatic heterocycles. The van der Waals surface area contributed by atoms with Crippen LogP contribution in [0.1, 0.15) is 30.4 Å². The lowest BCUT2D eigenvalue weighted by molar-refractivity contribution is 0.485. The molecule has 0 saturated carbocycles. The Labute approximate surface area is 255 Å². The number of halogens is 1. The number of sulfone groups is 1. The zero-order chi connectivity index (χ0) is 30.0. The number of nitrogens with one attached hydrogen (secondary N) is 1. The van der Waals surface area contributed by atoms with Crippen molar-refractivity contribution in [1.29, 1.82) is 0 Å². The number of H-pyrrole nitrogens is 1. The van der Waals surface area contributed by atoms with E-state index in [1.165, 1.54) is 0 Å². The number of hydrogen-bond acceptors (Lipinski definition) is 6. The third-order valence-electron chi connectivity index (χ3n) is 7.40. The number of alkyl halides is 1. The summed E-state index contributed by atoms with van der Waals surface area (Å²) >= 11 is 5.65. The van der Waals surface area contributed by atoms with Crippen molar-refractivity contribution in [2.24, 2.45) is 0 Å². The molecule has 0 spiro atoms. The van der Waals surface area contributed by atoms with Gasteiger partial charge in [0.25, 0.3) is 0 Å². The smallest absolute Gasteiger partial charge is 0.309 e.